The molecule has 2 aromatic rings. The molecule has 0 aromatic heterocycles. The lowest BCUT2D eigenvalue weighted by Gasteiger charge is -2.20. The van der Waals surface area contributed by atoms with Crippen molar-refractivity contribution in [1.82, 2.24) is 0 Å². The Morgan fingerprint density at radius 2 is 1.58 bits per heavy atom. The van der Waals surface area contributed by atoms with Crippen LogP contribution in [0.1, 0.15) is 50.7 Å². The number of para-hydroxylation sites is 1. The highest BCUT2D eigenvalue weighted by Gasteiger charge is 2.14. The highest BCUT2D eigenvalue weighted by molar-refractivity contribution is 5.94. The molecule has 3 nitrogen and oxygen atoms in total. The van der Waals surface area contributed by atoms with Crippen LogP contribution in [0.15, 0.2) is 42.5 Å². The van der Waals surface area contributed by atoms with E-state index in [1.807, 2.05) is 0 Å². The van der Waals surface area contributed by atoms with Gasteiger partial charge >= 0.3 is 0 Å². The Morgan fingerprint density at radius 1 is 1.00 bits per heavy atom. The average molecular weight is 328 g/mol. The minimum absolute atomic E-state index is 0.139. The first-order valence-corrected chi connectivity index (χ1v) is 8.30. The van der Waals surface area contributed by atoms with E-state index in [9.17, 15) is 9.18 Å². The Balaban J connectivity index is 2.12. The van der Waals surface area contributed by atoms with Crippen LogP contribution in [0.4, 0.5) is 15.8 Å². The molecule has 0 aliphatic heterocycles. The molecule has 0 spiro atoms. The Hall–Kier alpha value is -2.36. The molecule has 0 radical (unpaired) electrons. The monoisotopic (exact) mass is 328 g/mol. The molecule has 0 bridgehead atoms. The van der Waals surface area contributed by atoms with E-state index in [4.69, 9.17) is 0 Å². The van der Waals surface area contributed by atoms with E-state index in [1.54, 1.807) is 12.1 Å². The van der Waals surface area contributed by atoms with Gasteiger partial charge in [-0.2, -0.15) is 0 Å². The third kappa shape index (κ3) is 4.57. The first-order chi connectivity index (χ1) is 11.4. The molecule has 2 rings (SSSR count). The number of benzene rings is 2. The van der Waals surface area contributed by atoms with Gasteiger partial charge in [-0.3, -0.25) is 4.79 Å². The van der Waals surface area contributed by atoms with Gasteiger partial charge in [-0.25, -0.2) is 4.39 Å². The molecule has 0 unspecified atom stereocenters. The molecule has 0 fully saturated rings. The van der Waals surface area contributed by atoms with Gasteiger partial charge in [0.05, 0.1) is 6.54 Å². The molecular formula is C20H25FN2O. The second-order valence-electron chi connectivity index (χ2n) is 6.53. The quantitative estimate of drug-likeness (QED) is 0.772. The SMILES string of the molecule is CC(C)c1cccc(C(C)C)c1NCC(=O)Nc1cccc(F)c1. The molecule has 4 heteroatoms. The fourth-order valence-corrected chi connectivity index (χ4v) is 2.70. The van der Waals surface area contributed by atoms with E-state index < -0.39 is 0 Å². The van der Waals surface area contributed by atoms with Crippen molar-refractivity contribution < 1.29 is 9.18 Å². The number of carbonyl (C=O) groups excluding carboxylic acids is 1. The molecular weight excluding hydrogens is 303 g/mol. The smallest absolute Gasteiger partial charge is 0.243 e. The predicted octanol–water partition coefficient (Wildman–Crippen LogP) is 5.12. The molecule has 0 aliphatic rings. The average Bonchev–Trinajstić information content (AvgIpc) is 2.52. The third-order valence-electron chi connectivity index (χ3n) is 3.91. The van der Waals surface area contributed by atoms with E-state index in [-0.39, 0.29) is 18.3 Å². The lowest BCUT2D eigenvalue weighted by molar-refractivity contribution is -0.114. The maximum absolute atomic E-state index is 13.2. The van der Waals surface area contributed by atoms with E-state index >= 15 is 0 Å². The lowest BCUT2D eigenvalue weighted by Crippen LogP contribution is -2.23. The van der Waals surface area contributed by atoms with Gasteiger partial charge in [0.15, 0.2) is 0 Å². The number of carbonyl (C=O) groups is 1. The van der Waals surface area contributed by atoms with Crippen molar-refractivity contribution in [2.24, 2.45) is 0 Å². The van der Waals surface area contributed by atoms with Gasteiger partial charge in [-0.05, 0) is 41.2 Å². The van der Waals surface area contributed by atoms with E-state index in [1.165, 1.54) is 23.3 Å². The Bertz CT molecular complexity index is 684. The second kappa shape index (κ2) is 7.95. The number of halogens is 1. The first kappa shape index (κ1) is 18.0. The fourth-order valence-electron chi connectivity index (χ4n) is 2.70. The van der Waals surface area contributed by atoms with Crippen molar-refractivity contribution in [2.45, 2.75) is 39.5 Å². The Labute approximate surface area is 143 Å². The van der Waals surface area contributed by atoms with Gasteiger partial charge in [0.1, 0.15) is 5.82 Å². The van der Waals surface area contributed by atoms with E-state index in [2.05, 4.69) is 56.5 Å². The topological polar surface area (TPSA) is 41.1 Å². The number of hydrogen-bond donors (Lipinski definition) is 2. The van der Waals surface area contributed by atoms with Crippen molar-refractivity contribution in [1.29, 1.82) is 0 Å². The molecule has 0 heterocycles. The summed E-state index contributed by atoms with van der Waals surface area (Å²) >= 11 is 0. The predicted molar refractivity (Wildman–Crippen MR) is 98.1 cm³/mol. The van der Waals surface area contributed by atoms with Crippen LogP contribution in [0.25, 0.3) is 0 Å². The molecule has 1 amide bonds. The maximum atomic E-state index is 13.2. The van der Waals surface area contributed by atoms with Crippen LogP contribution in [0.2, 0.25) is 0 Å². The summed E-state index contributed by atoms with van der Waals surface area (Å²) in [6.45, 7) is 8.68. The van der Waals surface area contributed by atoms with Crippen molar-refractivity contribution in [3.05, 3.63) is 59.4 Å². The molecule has 128 valence electrons. The van der Waals surface area contributed by atoms with Gasteiger partial charge < -0.3 is 10.6 Å². The number of anilines is 2. The molecule has 0 saturated carbocycles. The second-order valence-corrected chi connectivity index (χ2v) is 6.53. The highest BCUT2D eigenvalue weighted by Crippen LogP contribution is 2.32. The van der Waals surface area contributed by atoms with Crippen molar-refractivity contribution >= 4 is 17.3 Å². The van der Waals surface area contributed by atoms with Crippen molar-refractivity contribution in [2.75, 3.05) is 17.2 Å². The van der Waals surface area contributed by atoms with Crippen molar-refractivity contribution in [3.8, 4) is 0 Å². The molecule has 0 aliphatic carbocycles. The number of rotatable bonds is 6. The van der Waals surface area contributed by atoms with Gasteiger partial charge in [0.25, 0.3) is 0 Å². The zero-order valence-electron chi connectivity index (χ0n) is 14.7. The van der Waals surface area contributed by atoms with Crippen LogP contribution in [0, 0.1) is 5.82 Å². The van der Waals surface area contributed by atoms with Gasteiger partial charge in [-0.1, -0.05) is 52.0 Å². The van der Waals surface area contributed by atoms with Crippen LogP contribution in [-0.2, 0) is 4.79 Å². The van der Waals surface area contributed by atoms with E-state index in [0.717, 1.165) is 5.69 Å². The summed E-state index contributed by atoms with van der Waals surface area (Å²) in [7, 11) is 0. The van der Waals surface area contributed by atoms with Crippen LogP contribution in [-0.4, -0.2) is 12.5 Å². The lowest BCUT2D eigenvalue weighted by atomic mass is 9.92. The van der Waals surface area contributed by atoms with Crippen molar-refractivity contribution in [3.63, 3.8) is 0 Å². The zero-order chi connectivity index (χ0) is 17.7. The molecule has 2 N–H and O–H groups in total. The van der Waals surface area contributed by atoms with E-state index in [0.29, 0.717) is 17.5 Å². The molecule has 24 heavy (non-hydrogen) atoms. The van der Waals surface area contributed by atoms with Crippen LogP contribution in [0.3, 0.4) is 0 Å². The number of nitrogens with one attached hydrogen (secondary N) is 2. The standard InChI is InChI=1S/C20H25FN2O/c1-13(2)17-9-6-10-18(14(3)4)20(17)22-12-19(24)23-16-8-5-7-15(21)11-16/h5-11,13-14,22H,12H2,1-4H3,(H,23,24). The highest BCUT2D eigenvalue weighted by atomic mass is 19.1. The molecule has 0 atom stereocenters. The molecule has 0 saturated heterocycles. The summed E-state index contributed by atoms with van der Waals surface area (Å²) in [4.78, 5) is 12.2. The summed E-state index contributed by atoms with van der Waals surface area (Å²) in [5.41, 5.74) is 3.87. The van der Waals surface area contributed by atoms with Gasteiger partial charge in [0.2, 0.25) is 5.91 Å². The zero-order valence-corrected chi connectivity index (χ0v) is 14.7. The van der Waals surface area contributed by atoms with Crippen LogP contribution >= 0.6 is 0 Å². The summed E-state index contributed by atoms with van der Waals surface area (Å²) in [5.74, 6) is 0.150. The van der Waals surface area contributed by atoms with Crippen LogP contribution in [0.5, 0.6) is 0 Å². The third-order valence-corrected chi connectivity index (χ3v) is 3.91. The fraction of sp³-hybridized carbons (Fsp3) is 0.350. The normalized spacial score (nSPS) is 11.0. The maximum Gasteiger partial charge on any atom is 0.243 e. The van der Waals surface area contributed by atoms with Gasteiger partial charge in [-0.15, -0.1) is 0 Å². The minimum atomic E-state index is -0.368. The van der Waals surface area contributed by atoms with Crippen LogP contribution < -0.4 is 10.6 Å². The summed E-state index contributed by atoms with van der Waals surface area (Å²) < 4.78 is 13.2. The first-order valence-electron chi connectivity index (χ1n) is 8.30. The summed E-state index contributed by atoms with van der Waals surface area (Å²) in [6.07, 6.45) is 0. The summed E-state index contributed by atoms with van der Waals surface area (Å²) in [5, 5.41) is 5.98. The largest absolute Gasteiger partial charge is 0.376 e. The van der Waals surface area contributed by atoms with Gasteiger partial charge in [0, 0.05) is 11.4 Å². The Morgan fingerprint density at radius 3 is 2.12 bits per heavy atom. The minimum Gasteiger partial charge on any atom is -0.376 e. The summed E-state index contributed by atoms with van der Waals surface area (Å²) in [6, 6.07) is 12.1. The molecule has 2 aromatic carbocycles. The Kier molecular flexibility index (Phi) is 5.96. The number of hydrogen-bond acceptors (Lipinski definition) is 2. The number of amides is 1.